The van der Waals surface area contributed by atoms with Crippen molar-refractivity contribution < 1.29 is 32.9 Å². The second-order valence-corrected chi connectivity index (χ2v) is 20.0. The normalized spacial score (nSPS) is 30.1. The lowest BCUT2D eigenvalue weighted by atomic mass is 9.64. The number of carbonyl (C=O) groups excluding carboxylic acids is 1. The smallest absolute Gasteiger partial charge is 0.303 e. The first-order chi connectivity index (χ1) is 23.5. The van der Waals surface area contributed by atoms with Gasteiger partial charge in [0, 0.05) is 26.6 Å². The topological polar surface area (TPSA) is 72.5 Å². The SMILES string of the molecule is COCO[C@H]1CC[C@H]2C3=C(C=C4[C@@H](O[Si](c5ccccc5)(c5ccccc5)C(C)(C)C)CCC[C@]4(OCOC)CC3)[C@@H](OC(C)=O)C[C@]12C. The van der Waals surface area contributed by atoms with E-state index in [0.29, 0.717) is 12.3 Å². The molecule has 2 aromatic carbocycles. The molecule has 4 aliphatic rings. The van der Waals surface area contributed by atoms with Gasteiger partial charge in [-0.1, -0.05) is 100 Å². The van der Waals surface area contributed by atoms with Crippen LogP contribution in [0.5, 0.6) is 0 Å². The van der Waals surface area contributed by atoms with Gasteiger partial charge in [0.1, 0.15) is 19.7 Å². The molecule has 0 heterocycles. The number of hydrogen-bond donors (Lipinski definition) is 0. The third-order valence-electron chi connectivity index (χ3n) is 11.9. The molecule has 6 rings (SSSR count). The van der Waals surface area contributed by atoms with Crippen LogP contribution in [0.1, 0.15) is 86.0 Å². The molecule has 0 spiro atoms. The molecule has 0 radical (unpaired) electrons. The van der Waals surface area contributed by atoms with Gasteiger partial charge in [0.15, 0.2) is 0 Å². The van der Waals surface area contributed by atoms with E-state index in [0.717, 1.165) is 50.5 Å². The van der Waals surface area contributed by atoms with Gasteiger partial charge in [0.05, 0.1) is 17.8 Å². The van der Waals surface area contributed by atoms with E-state index in [1.165, 1.54) is 28.4 Å². The number of methoxy groups -OCH3 is 2. The van der Waals surface area contributed by atoms with Gasteiger partial charge in [-0.3, -0.25) is 4.79 Å². The minimum Gasteiger partial charge on any atom is -0.458 e. The highest BCUT2D eigenvalue weighted by molar-refractivity contribution is 6.99. The van der Waals surface area contributed by atoms with Crippen LogP contribution in [0.25, 0.3) is 0 Å². The van der Waals surface area contributed by atoms with Gasteiger partial charge in [-0.25, -0.2) is 0 Å². The minimum absolute atomic E-state index is 0.0349. The van der Waals surface area contributed by atoms with Gasteiger partial charge in [-0.15, -0.1) is 0 Å². The Morgan fingerprint density at radius 1 is 0.878 bits per heavy atom. The number of hydrogen-bond acceptors (Lipinski definition) is 7. The van der Waals surface area contributed by atoms with Crippen molar-refractivity contribution in [2.75, 3.05) is 27.8 Å². The second-order valence-electron chi connectivity index (χ2n) is 15.8. The Balaban J connectivity index is 1.52. The van der Waals surface area contributed by atoms with Crippen LogP contribution in [0.15, 0.2) is 83.5 Å². The number of fused-ring (bicyclic) bond motifs is 3. The third kappa shape index (κ3) is 6.65. The van der Waals surface area contributed by atoms with E-state index in [9.17, 15) is 4.79 Å². The number of benzene rings is 2. The lowest BCUT2D eigenvalue weighted by Crippen LogP contribution is -2.68. The average molecular weight is 689 g/mol. The number of esters is 1. The molecule has 0 aliphatic heterocycles. The summed E-state index contributed by atoms with van der Waals surface area (Å²) in [6.07, 6.45) is 8.98. The van der Waals surface area contributed by atoms with Gasteiger partial charge in [0.2, 0.25) is 0 Å². The van der Waals surface area contributed by atoms with Gasteiger partial charge in [-0.2, -0.15) is 0 Å². The number of ether oxygens (including phenoxy) is 5. The van der Waals surface area contributed by atoms with E-state index in [1.54, 1.807) is 14.2 Å². The van der Waals surface area contributed by atoms with Gasteiger partial charge in [0.25, 0.3) is 8.32 Å². The first kappa shape index (κ1) is 36.2. The fraction of sp³-hybridized carbons (Fsp3) is 0.585. The number of carbonyl (C=O) groups is 1. The lowest BCUT2D eigenvalue weighted by Gasteiger charge is -2.49. The molecule has 8 heteroatoms. The summed E-state index contributed by atoms with van der Waals surface area (Å²) in [5.74, 6) is 0.0586. The van der Waals surface area contributed by atoms with Crippen LogP contribution in [0.2, 0.25) is 5.04 Å². The summed E-state index contributed by atoms with van der Waals surface area (Å²) >= 11 is 0. The van der Waals surface area contributed by atoms with Crippen LogP contribution in [0.3, 0.4) is 0 Å². The molecule has 0 bridgehead atoms. The van der Waals surface area contributed by atoms with E-state index >= 15 is 0 Å². The van der Waals surface area contributed by atoms with Gasteiger partial charge in [-0.05, 0) is 83.8 Å². The minimum atomic E-state index is -2.89. The highest BCUT2D eigenvalue weighted by Gasteiger charge is 2.57. The fourth-order valence-electron chi connectivity index (χ4n) is 9.79. The zero-order valence-electron chi connectivity index (χ0n) is 30.6. The van der Waals surface area contributed by atoms with Crippen molar-refractivity contribution in [1.82, 2.24) is 0 Å². The summed E-state index contributed by atoms with van der Waals surface area (Å²) in [6, 6.07) is 21.7. The molecule has 0 aromatic heterocycles. The van der Waals surface area contributed by atoms with Crippen molar-refractivity contribution in [2.45, 2.75) is 115 Å². The van der Waals surface area contributed by atoms with E-state index in [-0.39, 0.29) is 48.3 Å². The Morgan fingerprint density at radius 2 is 1.53 bits per heavy atom. The third-order valence-corrected chi connectivity index (χ3v) is 17.0. The van der Waals surface area contributed by atoms with Crippen molar-refractivity contribution in [1.29, 1.82) is 0 Å². The molecular weight excluding hydrogens is 633 g/mol. The van der Waals surface area contributed by atoms with Crippen LogP contribution < -0.4 is 10.4 Å². The maximum atomic E-state index is 12.7. The molecule has 49 heavy (non-hydrogen) atoms. The first-order valence-electron chi connectivity index (χ1n) is 18.1. The lowest BCUT2D eigenvalue weighted by molar-refractivity contribution is -0.151. The average Bonchev–Trinajstić information content (AvgIpc) is 3.29. The molecule has 0 unspecified atom stereocenters. The van der Waals surface area contributed by atoms with Crippen LogP contribution in [-0.4, -0.2) is 66.0 Å². The Morgan fingerprint density at radius 3 is 2.12 bits per heavy atom. The first-order valence-corrected chi connectivity index (χ1v) is 20.0. The predicted octanol–water partition coefficient (Wildman–Crippen LogP) is 7.23. The quantitative estimate of drug-likeness (QED) is 0.140. The Hall–Kier alpha value is -2.59. The number of rotatable bonds is 11. The summed E-state index contributed by atoms with van der Waals surface area (Å²) in [6.45, 7) is 11.3. The molecule has 6 atom stereocenters. The summed E-state index contributed by atoms with van der Waals surface area (Å²) in [5.41, 5.74) is 2.97. The molecular formula is C41H56O7Si. The molecule has 2 fully saturated rings. The predicted molar refractivity (Wildman–Crippen MR) is 194 cm³/mol. The Labute approximate surface area is 294 Å². The molecule has 0 amide bonds. The summed E-state index contributed by atoms with van der Waals surface area (Å²) in [7, 11) is 0.470. The Kier molecular flexibility index (Phi) is 10.8. The zero-order valence-corrected chi connectivity index (χ0v) is 31.6. The molecule has 4 aliphatic carbocycles. The maximum absolute atomic E-state index is 12.7. The summed E-state index contributed by atoms with van der Waals surface area (Å²) in [5, 5.41) is 2.35. The van der Waals surface area contributed by atoms with E-state index in [4.69, 9.17) is 28.1 Å². The largest absolute Gasteiger partial charge is 0.458 e. The van der Waals surface area contributed by atoms with Crippen LogP contribution >= 0.6 is 0 Å². The number of allylic oxidation sites excluding steroid dienone is 1. The maximum Gasteiger partial charge on any atom is 0.303 e. The van der Waals surface area contributed by atoms with Crippen molar-refractivity contribution in [3.8, 4) is 0 Å². The van der Waals surface area contributed by atoms with Crippen molar-refractivity contribution >= 4 is 24.7 Å². The van der Waals surface area contributed by atoms with Crippen molar-refractivity contribution in [3.05, 3.63) is 83.5 Å². The monoisotopic (exact) mass is 688 g/mol. The van der Waals surface area contributed by atoms with E-state index in [2.05, 4.69) is 94.4 Å². The highest BCUT2D eigenvalue weighted by atomic mass is 28.4. The van der Waals surface area contributed by atoms with E-state index in [1.807, 2.05) is 0 Å². The van der Waals surface area contributed by atoms with Crippen LogP contribution in [0, 0.1) is 11.3 Å². The summed E-state index contributed by atoms with van der Waals surface area (Å²) in [4.78, 5) is 12.7. The van der Waals surface area contributed by atoms with Crippen LogP contribution in [-0.2, 0) is 32.9 Å². The molecule has 0 N–H and O–H groups in total. The van der Waals surface area contributed by atoms with Crippen molar-refractivity contribution in [3.63, 3.8) is 0 Å². The van der Waals surface area contributed by atoms with Gasteiger partial charge < -0.3 is 28.1 Å². The Bertz CT molecular complexity index is 1480. The van der Waals surface area contributed by atoms with Gasteiger partial charge >= 0.3 is 5.97 Å². The van der Waals surface area contributed by atoms with E-state index < -0.39 is 13.9 Å². The fourth-order valence-corrected chi connectivity index (χ4v) is 14.5. The summed E-state index contributed by atoms with van der Waals surface area (Å²) < 4.78 is 38.2. The van der Waals surface area contributed by atoms with Crippen LogP contribution in [0.4, 0.5) is 0 Å². The standard InChI is InChI=1S/C41H56O7Si/c1-29(42)47-37-26-40(5)34(20-21-38(40)45-27-43-6)32-22-24-41(46-28-44-7)23-14-19-36(35(41)25-33(32)37)48-49(39(2,3)4,30-15-10-8-11-16-30)31-17-12-9-13-18-31/h8-13,15-18,25,34,36-38H,14,19-24,26-28H2,1-7H3/t34-,36-,37-,38-,40-,41-/m0/s1. The highest BCUT2D eigenvalue weighted by Crippen LogP contribution is 2.59. The second kappa shape index (κ2) is 14.6. The zero-order chi connectivity index (χ0) is 34.9. The molecule has 266 valence electrons. The molecule has 2 saturated carbocycles. The molecule has 7 nitrogen and oxygen atoms in total. The molecule has 0 saturated heterocycles. The van der Waals surface area contributed by atoms with Crippen molar-refractivity contribution in [2.24, 2.45) is 11.3 Å². The molecule has 2 aromatic rings.